The molecule has 4 aromatic rings. The van der Waals surface area contributed by atoms with Crippen LogP contribution in [-0.4, -0.2) is 15.9 Å². The molecule has 0 spiro atoms. The number of hydrogen-bond acceptors (Lipinski definition) is 3. The third-order valence-corrected chi connectivity index (χ3v) is 7.74. The van der Waals surface area contributed by atoms with E-state index >= 15 is 0 Å². The molecule has 1 heterocycles. The van der Waals surface area contributed by atoms with E-state index in [0.29, 0.717) is 36.5 Å². The molecule has 1 aliphatic rings. The van der Waals surface area contributed by atoms with E-state index in [0.717, 1.165) is 17.7 Å². The quantitative estimate of drug-likeness (QED) is 0.0972. The summed E-state index contributed by atoms with van der Waals surface area (Å²) in [5, 5.41) is 11.9. The first-order valence-corrected chi connectivity index (χ1v) is 15.8. The van der Waals surface area contributed by atoms with Crippen LogP contribution in [0.4, 0.5) is 0 Å². The largest absolute Gasteiger partial charge is 0.512 e. The number of allylic oxidation sites excluding steroid dienone is 2. The van der Waals surface area contributed by atoms with Crippen molar-refractivity contribution in [2.24, 2.45) is 17.8 Å². The second-order valence-electron chi connectivity index (χ2n) is 13.7. The average Bonchev–Trinajstić information content (AvgIpc) is 3.01. The van der Waals surface area contributed by atoms with E-state index in [1.807, 2.05) is 33.9 Å². The van der Waals surface area contributed by atoms with Crippen molar-refractivity contribution in [3.63, 3.8) is 0 Å². The molecule has 1 N–H and O–H groups in total. The summed E-state index contributed by atoms with van der Waals surface area (Å²) in [7, 11) is 0. The van der Waals surface area contributed by atoms with E-state index in [4.69, 9.17) is 4.98 Å². The van der Waals surface area contributed by atoms with Crippen LogP contribution in [0.2, 0.25) is 0 Å². The molecule has 0 aliphatic heterocycles. The van der Waals surface area contributed by atoms with Gasteiger partial charge in [0.15, 0.2) is 5.78 Å². The molecule has 0 amide bonds. The van der Waals surface area contributed by atoms with Crippen molar-refractivity contribution in [3.8, 4) is 33.5 Å². The maximum atomic E-state index is 11.2. The monoisotopic (exact) mass is 767 g/mol. The molecular weight excluding hydrogens is 719 g/mol. The number of carbonyl (C=O) groups excluding carboxylic acids is 1. The molecule has 5 rings (SSSR count). The molecule has 1 aromatic heterocycles. The first-order valence-electron chi connectivity index (χ1n) is 15.8. The van der Waals surface area contributed by atoms with E-state index < -0.39 is 0 Å². The fraction of sp³-hybridized carbons (Fsp3) is 0.400. The van der Waals surface area contributed by atoms with Crippen LogP contribution in [0.3, 0.4) is 0 Å². The maximum Gasteiger partial charge on any atom is 0.159 e. The summed E-state index contributed by atoms with van der Waals surface area (Å²) in [6.45, 7) is 19.3. The van der Waals surface area contributed by atoms with Gasteiger partial charge < -0.3 is 10.1 Å². The Morgan fingerprint density at radius 2 is 1.55 bits per heavy atom. The first-order chi connectivity index (χ1) is 20.3. The number of rotatable bonds is 8. The number of aryl methyl sites for hydroxylation is 1. The predicted molar refractivity (Wildman–Crippen MR) is 182 cm³/mol. The zero-order valence-electron chi connectivity index (χ0n) is 27.8. The van der Waals surface area contributed by atoms with Crippen molar-refractivity contribution in [1.29, 1.82) is 0 Å². The standard InChI is InChI=1S/C29H28N.C11H20O2.Ir/c1-17(2)12-20-7-9-23-26(14-20)25-13-19(5)6-8-24(25)29-28-21(10-11-30-29)15-22(18(3)4)16-27(23)28;1-8(2)5-10(12)7-11(13)6-9(3)4;/h6-7,9-11,13-18H,12H2,1-5H3;7-9,12H,5-6H2,1-4H3;/q-1;;/b;10-7-;. The van der Waals surface area contributed by atoms with Crippen molar-refractivity contribution < 1.29 is 30.0 Å². The van der Waals surface area contributed by atoms with E-state index in [-0.39, 0.29) is 31.6 Å². The van der Waals surface area contributed by atoms with Gasteiger partial charge in [0.1, 0.15) is 0 Å². The summed E-state index contributed by atoms with van der Waals surface area (Å²) in [4.78, 5) is 16.1. The van der Waals surface area contributed by atoms with Gasteiger partial charge >= 0.3 is 0 Å². The molecule has 0 unspecified atom stereocenters. The Morgan fingerprint density at radius 3 is 2.18 bits per heavy atom. The number of nitrogens with zero attached hydrogens (tertiary/aromatic N) is 1. The van der Waals surface area contributed by atoms with Gasteiger partial charge in [-0.1, -0.05) is 104 Å². The Labute approximate surface area is 278 Å². The predicted octanol–water partition coefficient (Wildman–Crippen LogP) is 11.1. The van der Waals surface area contributed by atoms with Crippen molar-refractivity contribution in [1.82, 2.24) is 4.98 Å². The second kappa shape index (κ2) is 15.3. The fourth-order valence-corrected chi connectivity index (χ4v) is 5.86. The number of ketones is 1. The molecule has 3 aromatic carbocycles. The molecule has 235 valence electrons. The first kappa shape index (κ1) is 35.4. The summed E-state index contributed by atoms with van der Waals surface area (Å²) in [5.41, 5.74) is 11.3. The Balaban J connectivity index is 0.000000324. The number of fused-ring (bicyclic) bond motifs is 5. The number of benzene rings is 3. The Bertz CT molecular complexity index is 1650. The molecule has 1 aliphatic carbocycles. The minimum Gasteiger partial charge on any atom is -0.512 e. The summed E-state index contributed by atoms with van der Waals surface area (Å²) in [6.07, 6.45) is 5.50. The SMILES string of the molecule is CC(C)CC(=O)/C=C(\O)CC(C)C.Cc1c[c-]c2c(c1)-c1cc(CC(C)C)ccc1-c1cc(C(C)C)cc3ccnc-2c13.[Ir]. The van der Waals surface area contributed by atoms with Gasteiger partial charge in [0, 0.05) is 45.2 Å². The van der Waals surface area contributed by atoms with Crippen molar-refractivity contribution in [2.45, 2.75) is 87.5 Å². The van der Waals surface area contributed by atoms with Crippen LogP contribution in [0, 0.1) is 30.7 Å². The topological polar surface area (TPSA) is 50.2 Å². The number of aliphatic hydroxyl groups excluding tert-OH is 1. The summed E-state index contributed by atoms with van der Waals surface area (Å²) >= 11 is 0. The van der Waals surface area contributed by atoms with Gasteiger partial charge in [0.05, 0.1) is 5.76 Å². The minimum atomic E-state index is 0. The van der Waals surface area contributed by atoms with Gasteiger partial charge in [-0.05, 0) is 74.9 Å². The van der Waals surface area contributed by atoms with Gasteiger partial charge in [-0.25, -0.2) is 0 Å². The van der Waals surface area contributed by atoms with E-state index in [1.54, 1.807) is 0 Å². The number of aromatic nitrogens is 1. The van der Waals surface area contributed by atoms with Crippen LogP contribution < -0.4 is 0 Å². The van der Waals surface area contributed by atoms with Crippen LogP contribution in [0.5, 0.6) is 0 Å². The number of aliphatic hydroxyl groups is 1. The van der Waals surface area contributed by atoms with Gasteiger partial charge in [0.25, 0.3) is 0 Å². The van der Waals surface area contributed by atoms with Gasteiger partial charge in [-0.15, -0.1) is 29.3 Å². The molecule has 4 heteroatoms. The van der Waals surface area contributed by atoms with Crippen molar-refractivity contribution in [3.05, 3.63) is 89.3 Å². The zero-order valence-corrected chi connectivity index (χ0v) is 30.2. The summed E-state index contributed by atoms with van der Waals surface area (Å²) < 4.78 is 0. The average molecular weight is 767 g/mol. The summed E-state index contributed by atoms with van der Waals surface area (Å²) in [6, 6.07) is 21.9. The molecular formula is C40H48IrNO2-. The van der Waals surface area contributed by atoms with Crippen LogP contribution in [0.1, 0.15) is 90.8 Å². The molecule has 44 heavy (non-hydrogen) atoms. The summed E-state index contributed by atoms with van der Waals surface area (Å²) in [5.74, 6) is 2.09. The Kier molecular flexibility index (Phi) is 12.3. The van der Waals surface area contributed by atoms with Gasteiger partial charge in [-0.3, -0.25) is 4.79 Å². The Morgan fingerprint density at radius 1 is 0.841 bits per heavy atom. The second-order valence-corrected chi connectivity index (χ2v) is 13.7. The van der Waals surface area contributed by atoms with Crippen LogP contribution in [0.25, 0.3) is 44.3 Å². The molecule has 0 saturated heterocycles. The van der Waals surface area contributed by atoms with E-state index in [1.165, 1.54) is 55.8 Å². The van der Waals surface area contributed by atoms with Crippen LogP contribution in [-0.2, 0) is 31.3 Å². The Hall–Kier alpha value is -3.07. The normalized spacial score (nSPS) is 12.1. The zero-order chi connectivity index (χ0) is 31.4. The fourth-order valence-electron chi connectivity index (χ4n) is 5.86. The molecule has 1 radical (unpaired) electrons. The molecule has 0 saturated carbocycles. The third-order valence-electron chi connectivity index (χ3n) is 7.74. The van der Waals surface area contributed by atoms with Gasteiger partial charge in [-0.2, -0.15) is 0 Å². The van der Waals surface area contributed by atoms with Crippen molar-refractivity contribution >= 4 is 16.6 Å². The third kappa shape index (κ3) is 8.55. The van der Waals surface area contributed by atoms with E-state index in [9.17, 15) is 9.90 Å². The molecule has 3 nitrogen and oxygen atoms in total. The van der Waals surface area contributed by atoms with E-state index in [2.05, 4.69) is 89.2 Å². The number of hydrogen-bond donors (Lipinski definition) is 1. The maximum absolute atomic E-state index is 11.2. The molecule has 0 atom stereocenters. The minimum absolute atomic E-state index is 0. The smallest absolute Gasteiger partial charge is 0.159 e. The van der Waals surface area contributed by atoms with Crippen molar-refractivity contribution in [2.75, 3.05) is 0 Å². The number of carbonyl (C=O) groups is 1. The van der Waals surface area contributed by atoms with Gasteiger partial charge in [0.2, 0.25) is 0 Å². The van der Waals surface area contributed by atoms with Crippen LogP contribution >= 0.6 is 0 Å². The van der Waals surface area contributed by atoms with Crippen LogP contribution in [0.15, 0.2) is 66.6 Å². The molecule has 0 fully saturated rings. The number of pyridine rings is 1. The molecule has 0 bridgehead atoms.